The fraction of sp³-hybridized carbons (Fsp3) is 0.111. The summed E-state index contributed by atoms with van der Waals surface area (Å²) in [5.41, 5.74) is 2.89. The largest absolute Gasteiger partial charge is 0.872 e. The third-order valence-electron chi connectivity index (χ3n) is 1.48. The van der Waals surface area contributed by atoms with Gasteiger partial charge in [0, 0.05) is 5.54 Å². The van der Waals surface area contributed by atoms with E-state index in [0.717, 1.165) is 5.57 Å². The maximum Gasteiger partial charge on any atom is 0.00775 e. The van der Waals surface area contributed by atoms with Gasteiger partial charge in [0.15, 0.2) is 0 Å². The quantitative estimate of drug-likeness (QED) is 0.630. The summed E-state index contributed by atoms with van der Waals surface area (Å²) in [4.78, 5) is 0. The summed E-state index contributed by atoms with van der Waals surface area (Å²) >= 11 is 5.46. The molecule has 1 nitrogen and oxygen atoms in total. The van der Waals surface area contributed by atoms with Gasteiger partial charge in [-0.3, -0.25) is 0 Å². The van der Waals surface area contributed by atoms with Crippen LogP contribution < -0.4 is 5.11 Å². The number of allylic oxidation sites excluding steroid dienone is 1. The van der Waals surface area contributed by atoms with Crippen molar-refractivity contribution in [1.29, 1.82) is 0 Å². The second-order valence-corrected chi connectivity index (χ2v) is 2.51. The maximum absolute atomic E-state index is 11.1. The van der Waals surface area contributed by atoms with Crippen LogP contribution in [0.4, 0.5) is 0 Å². The molecule has 0 fully saturated rings. The van der Waals surface area contributed by atoms with Crippen LogP contribution in [0.3, 0.4) is 0 Å². The SMILES string of the molecule is C/C(=C/Cl)c1ccccc1[O-]. The summed E-state index contributed by atoms with van der Waals surface area (Å²) in [6.07, 6.45) is 0. The molecule has 2 heteroatoms. The first-order valence-corrected chi connectivity index (χ1v) is 3.72. The molecule has 0 aliphatic rings. The zero-order valence-corrected chi connectivity index (χ0v) is 6.93. The van der Waals surface area contributed by atoms with Crippen LogP contribution in [0, 0.1) is 0 Å². The van der Waals surface area contributed by atoms with Gasteiger partial charge in [-0.05, 0) is 18.1 Å². The number of para-hydroxylation sites is 1. The van der Waals surface area contributed by atoms with Crippen molar-refractivity contribution in [2.24, 2.45) is 0 Å². The Kier molecular flexibility index (Phi) is 2.55. The van der Waals surface area contributed by atoms with Crippen molar-refractivity contribution in [2.45, 2.75) is 6.92 Å². The molecule has 0 heterocycles. The van der Waals surface area contributed by atoms with E-state index in [1.165, 1.54) is 11.6 Å². The van der Waals surface area contributed by atoms with Crippen molar-refractivity contribution in [2.75, 3.05) is 0 Å². The van der Waals surface area contributed by atoms with Gasteiger partial charge in [-0.15, -0.1) is 5.75 Å². The first-order valence-electron chi connectivity index (χ1n) is 3.29. The minimum atomic E-state index is 0.0156. The lowest BCUT2D eigenvalue weighted by Gasteiger charge is -2.11. The van der Waals surface area contributed by atoms with Gasteiger partial charge >= 0.3 is 0 Å². The first-order chi connectivity index (χ1) is 5.25. The topological polar surface area (TPSA) is 23.1 Å². The molecule has 0 atom stereocenters. The van der Waals surface area contributed by atoms with Crippen LogP contribution in [0.1, 0.15) is 12.5 Å². The van der Waals surface area contributed by atoms with Crippen LogP contribution in [-0.4, -0.2) is 0 Å². The Morgan fingerprint density at radius 3 is 2.64 bits per heavy atom. The summed E-state index contributed by atoms with van der Waals surface area (Å²) < 4.78 is 0. The lowest BCUT2D eigenvalue weighted by Crippen LogP contribution is -1.93. The van der Waals surface area contributed by atoms with Crippen LogP contribution in [0.2, 0.25) is 0 Å². The molecule has 0 saturated heterocycles. The Labute approximate surface area is 70.9 Å². The Balaban J connectivity index is 3.14. The summed E-state index contributed by atoms with van der Waals surface area (Å²) in [7, 11) is 0. The predicted octanol–water partition coefficient (Wildman–Crippen LogP) is 2.36. The monoisotopic (exact) mass is 167 g/mol. The van der Waals surface area contributed by atoms with Crippen LogP contribution in [-0.2, 0) is 0 Å². The van der Waals surface area contributed by atoms with Gasteiger partial charge in [0.05, 0.1) is 0 Å². The average Bonchev–Trinajstić information content (AvgIpc) is 2.04. The molecule has 0 radical (unpaired) electrons. The number of halogens is 1. The molecular formula is C9H8ClO-. The van der Waals surface area contributed by atoms with Crippen LogP contribution in [0.25, 0.3) is 5.57 Å². The fourth-order valence-corrected chi connectivity index (χ4v) is 0.969. The van der Waals surface area contributed by atoms with E-state index in [-0.39, 0.29) is 5.75 Å². The number of benzene rings is 1. The fourth-order valence-electron chi connectivity index (χ4n) is 0.851. The van der Waals surface area contributed by atoms with Gasteiger partial charge in [0.25, 0.3) is 0 Å². The highest BCUT2D eigenvalue weighted by Crippen LogP contribution is 2.21. The van der Waals surface area contributed by atoms with Crippen molar-refractivity contribution < 1.29 is 5.11 Å². The summed E-state index contributed by atoms with van der Waals surface area (Å²) in [5, 5.41) is 11.1. The van der Waals surface area contributed by atoms with Gasteiger partial charge < -0.3 is 5.11 Å². The molecule has 1 aromatic rings. The number of hydrogen-bond donors (Lipinski definition) is 0. The summed E-state index contributed by atoms with van der Waals surface area (Å²) in [5.74, 6) is 0.0156. The van der Waals surface area contributed by atoms with E-state index < -0.39 is 0 Å². The molecule has 1 rings (SSSR count). The molecule has 0 aliphatic carbocycles. The summed E-state index contributed by atoms with van der Waals surface area (Å²) in [6.45, 7) is 1.81. The van der Waals surface area contributed by atoms with Crippen molar-refractivity contribution in [1.82, 2.24) is 0 Å². The number of hydrogen-bond acceptors (Lipinski definition) is 1. The van der Waals surface area contributed by atoms with E-state index >= 15 is 0 Å². The minimum Gasteiger partial charge on any atom is -0.872 e. The molecular weight excluding hydrogens is 160 g/mol. The van der Waals surface area contributed by atoms with Crippen LogP contribution in [0.15, 0.2) is 29.8 Å². The highest BCUT2D eigenvalue weighted by molar-refractivity contribution is 6.28. The Hall–Kier alpha value is -0.950. The van der Waals surface area contributed by atoms with Crippen molar-refractivity contribution in [3.05, 3.63) is 35.4 Å². The standard InChI is InChI=1S/C9H9ClO/c1-7(6-10)8-4-2-3-5-9(8)11/h2-6,11H,1H3/p-1/b7-6-. The van der Waals surface area contributed by atoms with E-state index in [4.69, 9.17) is 11.6 Å². The zero-order valence-electron chi connectivity index (χ0n) is 6.17. The second kappa shape index (κ2) is 3.44. The molecule has 0 aromatic heterocycles. The third kappa shape index (κ3) is 1.75. The average molecular weight is 168 g/mol. The molecule has 11 heavy (non-hydrogen) atoms. The van der Waals surface area contributed by atoms with E-state index in [9.17, 15) is 5.11 Å². The van der Waals surface area contributed by atoms with E-state index in [2.05, 4.69) is 0 Å². The van der Waals surface area contributed by atoms with Crippen molar-refractivity contribution in [3.63, 3.8) is 0 Å². The van der Waals surface area contributed by atoms with Gasteiger partial charge in [-0.2, -0.15) is 0 Å². The molecule has 0 bridgehead atoms. The second-order valence-electron chi connectivity index (χ2n) is 2.29. The highest BCUT2D eigenvalue weighted by atomic mass is 35.5. The van der Waals surface area contributed by atoms with Crippen molar-refractivity contribution in [3.8, 4) is 5.75 Å². The van der Waals surface area contributed by atoms with Gasteiger partial charge in [-0.25, -0.2) is 0 Å². The van der Waals surface area contributed by atoms with E-state index in [1.807, 2.05) is 13.0 Å². The Bertz CT molecular complexity index is 279. The van der Waals surface area contributed by atoms with Gasteiger partial charge in [0.1, 0.15) is 0 Å². The highest BCUT2D eigenvalue weighted by Gasteiger charge is 1.93. The first kappa shape index (κ1) is 8.15. The minimum absolute atomic E-state index is 0.0156. The molecule has 1 aromatic carbocycles. The molecule has 0 unspecified atom stereocenters. The van der Waals surface area contributed by atoms with Crippen LogP contribution in [0.5, 0.6) is 5.75 Å². The molecule has 0 amide bonds. The predicted molar refractivity (Wildman–Crippen MR) is 45.4 cm³/mol. The third-order valence-corrected chi connectivity index (χ3v) is 1.80. The maximum atomic E-state index is 11.1. The van der Waals surface area contributed by atoms with Gasteiger partial charge in [0.2, 0.25) is 0 Å². The molecule has 0 aliphatic heterocycles. The Morgan fingerprint density at radius 2 is 2.09 bits per heavy atom. The molecule has 0 saturated carbocycles. The number of rotatable bonds is 1. The normalized spacial score (nSPS) is 11.6. The van der Waals surface area contributed by atoms with Crippen molar-refractivity contribution >= 4 is 17.2 Å². The molecule has 0 N–H and O–H groups in total. The van der Waals surface area contributed by atoms with E-state index in [0.29, 0.717) is 5.56 Å². The molecule has 58 valence electrons. The van der Waals surface area contributed by atoms with Gasteiger partial charge in [-0.1, -0.05) is 35.9 Å². The zero-order chi connectivity index (χ0) is 8.27. The lowest BCUT2D eigenvalue weighted by molar-refractivity contribution is -0.268. The summed E-state index contributed by atoms with van der Waals surface area (Å²) in [6, 6.07) is 6.82. The van der Waals surface area contributed by atoms with Crippen LogP contribution >= 0.6 is 11.6 Å². The lowest BCUT2D eigenvalue weighted by atomic mass is 10.1. The molecule has 0 spiro atoms. The smallest absolute Gasteiger partial charge is 0.00775 e. The van der Waals surface area contributed by atoms with E-state index in [1.54, 1.807) is 12.1 Å². The Morgan fingerprint density at radius 1 is 1.45 bits per heavy atom.